The highest BCUT2D eigenvalue weighted by Crippen LogP contribution is 2.18. The van der Waals surface area contributed by atoms with E-state index in [0.717, 1.165) is 18.5 Å². The molecule has 0 bridgehead atoms. The quantitative estimate of drug-likeness (QED) is 0.771. The Morgan fingerprint density at radius 1 is 1.40 bits per heavy atom. The summed E-state index contributed by atoms with van der Waals surface area (Å²) in [5, 5.41) is 11.9. The Hall–Kier alpha value is -1.34. The number of aliphatic hydroxyl groups is 1. The molecule has 2 N–H and O–H groups in total. The van der Waals surface area contributed by atoms with Crippen molar-refractivity contribution in [3.63, 3.8) is 0 Å². The molecule has 1 rings (SSSR count). The average Bonchev–Trinajstić information content (AvgIpc) is 2.35. The van der Waals surface area contributed by atoms with Gasteiger partial charge in [-0.15, -0.1) is 0 Å². The number of halogens is 3. The summed E-state index contributed by atoms with van der Waals surface area (Å²) in [4.78, 5) is 5.27. The van der Waals surface area contributed by atoms with Gasteiger partial charge in [-0.2, -0.15) is 13.2 Å². The lowest BCUT2D eigenvalue weighted by Crippen LogP contribution is -2.35. The van der Waals surface area contributed by atoms with E-state index in [1.54, 1.807) is 18.3 Å². The fraction of sp³-hybridized carbons (Fsp3) is 0.615. The second kappa shape index (κ2) is 8.06. The van der Waals surface area contributed by atoms with Crippen LogP contribution >= 0.6 is 0 Å². The van der Waals surface area contributed by atoms with Crippen LogP contribution in [0.2, 0.25) is 0 Å². The molecule has 0 radical (unpaired) electrons. The van der Waals surface area contributed by atoms with E-state index in [-0.39, 0.29) is 19.7 Å². The molecule has 0 amide bonds. The SMILES string of the molecule is CCCNc1cc(CN(CCO)CC(F)(F)F)ccn1. The molecule has 7 heteroatoms. The van der Waals surface area contributed by atoms with Crippen molar-refractivity contribution in [2.45, 2.75) is 26.1 Å². The normalized spacial score (nSPS) is 11.9. The molecule has 0 fully saturated rings. The van der Waals surface area contributed by atoms with Crippen LogP contribution in [0, 0.1) is 0 Å². The molecule has 0 atom stereocenters. The molecule has 1 aromatic heterocycles. The molecule has 0 saturated carbocycles. The van der Waals surface area contributed by atoms with Crippen molar-refractivity contribution in [3.05, 3.63) is 23.9 Å². The Morgan fingerprint density at radius 3 is 2.75 bits per heavy atom. The van der Waals surface area contributed by atoms with E-state index in [1.165, 1.54) is 4.90 Å². The molecule has 0 aromatic carbocycles. The highest BCUT2D eigenvalue weighted by atomic mass is 19.4. The molecular weight excluding hydrogens is 271 g/mol. The first kappa shape index (κ1) is 16.7. The van der Waals surface area contributed by atoms with Crippen LogP contribution in [0.1, 0.15) is 18.9 Å². The fourth-order valence-electron chi connectivity index (χ4n) is 1.79. The number of hydrogen-bond donors (Lipinski definition) is 2. The maximum Gasteiger partial charge on any atom is 0.401 e. The molecule has 0 aliphatic rings. The maximum absolute atomic E-state index is 12.4. The number of aliphatic hydroxyl groups excluding tert-OH is 1. The fourth-order valence-corrected chi connectivity index (χ4v) is 1.79. The Labute approximate surface area is 116 Å². The van der Waals surface area contributed by atoms with E-state index in [2.05, 4.69) is 10.3 Å². The van der Waals surface area contributed by atoms with Crippen LogP contribution in [0.25, 0.3) is 0 Å². The summed E-state index contributed by atoms with van der Waals surface area (Å²) in [6, 6.07) is 3.41. The van der Waals surface area contributed by atoms with Crippen LogP contribution < -0.4 is 5.32 Å². The lowest BCUT2D eigenvalue weighted by atomic mass is 10.2. The van der Waals surface area contributed by atoms with E-state index in [4.69, 9.17) is 5.11 Å². The lowest BCUT2D eigenvalue weighted by molar-refractivity contribution is -0.147. The van der Waals surface area contributed by atoms with Crippen LogP contribution in [-0.2, 0) is 6.54 Å². The van der Waals surface area contributed by atoms with Gasteiger partial charge in [0.1, 0.15) is 5.82 Å². The number of nitrogens with zero attached hydrogens (tertiary/aromatic N) is 2. The van der Waals surface area contributed by atoms with E-state index in [0.29, 0.717) is 5.82 Å². The predicted molar refractivity (Wildman–Crippen MR) is 71.4 cm³/mol. The van der Waals surface area contributed by atoms with Gasteiger partial charge in [-0.05, 0) is 24.1 Å². The number of nitrogens with one attached hydrogen (secondary N) is 1. The predicted octanol–water partition coefficient (Wildman–Crippen LogP) is 2.26. The second-order valence-corrected chi connectivity index (χ2v) is 4.53. The van der Waals surface area contributed by atoms with E-state index in [1.807, 2.05) is 6.92 Å². The Kier molecular flexibility index (Phi) is 6.74. The molecular formula is C13H20F3N3O. The van der Waals surface area contributed by atoms with Crippen molar-refractivity contribution in [1.29, 1.82) is 0 Å². The number of hydrogen-bond acceptors (Lipinski definition) is 4. The molecule has 1 heterocycles. The minimum absolute atomic E-state index is 0.0143. The number of anilines is 1. The topological polar surface area (TPSA) is 48.4 Å². The third-order valence-electron chi connectivity index (χ3n) is 2.61. The average molecular weight is 291 g/mol. The highest BCUT2D eigenvalue weighted by Gasteiger charge is 2.30. The van der Waals surface area contributed by atoms with Crippen LogP contribution in [-0.4, -0.2) is 47.4 Å². The lowest BCUT2D eigenvalue weighted by Gasteiger charge is -2.22. The highest BCUT2D eigenvalue weighted by molar-refractivity contribution is 5.37. The minimum atomic E-state index is -4.27. The van der Waals surface area contributed by atoms with Gasteiger partial charge in [0, 0.05) is 25.8 Å². The number of alkyl halides is 3. The summed E-state index contributed by atoms with van der Waals surface area (Å²) in [5.74, 6) is 0.653. The molecule has 0 spiro atoms. The van der Waals surface area contributed by atoms with Gasteiger partial charge in [0.05, 0.1) is 13.2 Å². The zero-order valence-electron chi connectivity index (χ0n) is 11.5. The first-order valence-electron chi connectivity index (χ1n) is 6.53. The number of rotatable bonds is 8. The summed E-state index contributed by atoms with van der Waals surface area (Å²) in [7, 11) is 0. The van der Waals surface area contributed by atoms with E-state index < -0.39 is 12.7 Å². The molecule has 0 aliphatic heterocycles. The Morgan fingerprint density at radius 2 is 2.15 bits per heavy atom. The van der Waals surface area contributed by atoms with Crippen molar-refractivity contribution in [1.82, 2.24) is 9.88 Å². The zero-order valence-corrected chi connectivity index (χ0v) is 11.5. The van der Waals surface area contributed by atoms with Crippen molar-refractivity contribution in [3.8, 4) is 0 Å². The Bertz CT molecular complexity index is 399. The van der Waals surface area contributed by atoms with Gasteiger partial charge >= 0.3 is 6.18 Å². The van der Waals surface area contributed by atoms with Gasteiger partial charge in [-0.25, -0.2) is 4.98 Å². The second-order valence-electron chi connectivity index (χ2n) is 4.53. The monoisotopic (exact) mass is 291 g/mol. The first-order valence-corrected chi connectivity index (χ1v) is 6.53. The third kappa shape index (κ3) is 6.72. The van der Waals surface area contributed by atoms with Crippen molar-refractivity contribution in [2.75, 3.05) is 31.6 Å². The third-order valence-corrected chi connectivity index (χ3v) is 2.61. The molecule has 0 aliphatic carbocycles. The number of pyridine rings is 1. The summed E-state index contributed by atoms with van der Waals surface area (Å²) in [6.45, 7) is 1.56. The zero-order chi connectivity index (χ0) is 15.0. The van der Waals surface area contributed by atoms with Gasteiger partial charge in [0.25, 0.3) is 0 Å². The maximum atomic E-state index is 12.4. The van der Waals surface area contributed by atoms with Crippen LogP contribution in [0.4, 0.5) is 19.0 Å². The smallest absolute Gasteiger partial charge is 0.395 e. The van der Waals surface area contributed by atoms with Crippen molar-refractivity contribution >= 4 is 5.82 Å². The van der Waals surface area contributed by atoms with E-state index in [9.17, 15) is 13.2 Å². The minimum Gasteiger partial charge on any atom is -0.395 e. The van der Waals surface area contributed by atoms with Crippen molar-refractivity contribution < 1.29 is 18.3 Å². The number of aromatic nitrogens is 1. The standard InChI is InChI=1S/C13H20F3N3O/c1-2-4-17-12-8-11(3-5-18-12)9-19(6-7-20)10-13(14,15)16/h3,5,8,20H,2,4,6-7,9-10H2,1H3,(H,17,18). The summed E-state index contributed by atoms with van der Waals surface area (Å²) < 4.78 is 37.3. The molecule has 1 aromatic rings. The molecule has 0 saturated heterocycles. The van der Waals surface area contributed by atoms with E-state index >= 15 is 0 Å². The van der Waals surface area contributed by atoms with Crippen LogP contribution in [0.5, 0.6) is 0 Å². The van der Waals surface area contributed by atoms with Crippen molar-refractivity contribution in [2.24, 2.45) is 0 Å². The molecule has 4 nitrogen and oxygen atoms in total. The largest absolute Gasteiger partial charge is 0.401 e. The van der Waals surface area contributed by atoms with Gasteiger partial charge < -0.3 is 10.4 Å². The van der Waals surface area contributed by atoms with Crippen LogP contribution in [0.15, 0.2) is 18.3 Å². The molecule has 0 unspecified atom stereocenters. The van der Waals surface area contributed by atoms with Gasteiger partial charge in [-0.3, -0.25) is 4.90 Å². The van der Waals surface area contributed by atoms with Gasteiger partial charge in [-0.1, -0.05) is 6.92 Å². The van der Waals surface area contributed by atoms with Crippen LogP contribution in [0.3, 0.4) is 0 Å². The van der Waals surface area contributed by atoms with Gasteiger partial charge in [0.2, 0.25) is 0 Å². The Balaban J connectivity index is 2.67. The molecule has 114 valence electrons. The summed E-state index contributed by atoms with van der Waals surface area (Å²) >= 11 is 0. The molecule has 20 heavy (non-hydrogen) atoms. The summed E-state index contributed by atoms with van der Waals surface area (Å²) in [5.41, 5.74) is 0.733. The summed E-state index contributed by atoms with van der Waals surface area (Å²) in [6.07, 6.45) is -1.76. The first-order chi connectivity index (χ1) is 9.44. The van der Waals surface area contributed by atoms with Gasteiger partial charge in [0.15, 0.2) is 0 Å².